The van der Waals surface area contributed by atoms with E-state index in [0.717, 1.165) is 5.56 Å². The zero-order valence-corrected chi connectivity index (χ0v) is 14.9. The van der Waals surface area contributed by atoms with Gasteiger partial charge >= 0.3 is 0 Å². The zero-order chi connectivity index (χ0) is 17.7. The Bertz CT molecular complexity index is 815. The topological polar surface area (TPSA) is 75.3 Å². The first-order valence-electron chi connectivity index (χ1n) is 7.76. The number of carbonyl (C=O) groups is 1. The molecule has 24 heavy (non-hydrogen) atoms. The quantitative estimate of drug-likeness (QED) is 0.843. The zero-order valence-electron chi connectivity index (χ0n) is 14.0. The fourth-order valence-corrected chi connectivity index (χ4v) is 3.22. The fourth-order valence-electron chi connectivity index (χ4n) is 2.08. The van der Waals surface area contributed by atoms with Gasteiger partial charge in [0.05, 0.1) is 10.6 Å². The molecule has 0 bridgehead atoms. The highest BCUT2D eigenvalue weighted by atomic mass is 32.2. The van der Waals surface area contributed by atoms with Crippen LogP contribution in [-0.4, -0.2) is 20.9 Å². The van der Waals surface area contributed by atoms with E-state index in [1.165, 1.54) is 12.1 Å². The third kappa shape index (κ3) is 4.58. The van der Waals surface area contributed by atoms with Crippen molar-refractivity contribution in [1.29, 1.82) is 0 Å². The molecule has 0 saturated heterocycles. The highest BCUT2D eigenvalue weighted by Gasteiger charge is 2.16. The van der Waals surface area contributed by atoms with E-state index in [1.54, 1.807) is 43.3 Å². The number of sulfonamides is 1. The number of carbonyl (C=O) groups excluding carboxylic acids is 1. The number of nitrogens with one attached hydrogen (secondary N) is 2. The Morgan fingerprint density at radius 1 is 1.08 bits per heavy atom. The van der Waals surface area contributed by atoms with E-state index in [0.29, 0.717) is 23.7 Å². The van der Waals surface area contributed by atoms with Crippen LogP contribution in [0.5, 0.6) is 0 Å². The normalized spacial score (nSPS) is 11.3. The van der Waals surface area contributed by atoms with Gasteiger partial charge in [0.1, 0.15) is 0 Å². The minimum Gasteiger partial charge on any atom is -0.352 e. The van der Waals surface area contributed by atoms with Gasteiger partial charge in [-0.2, -0.15) is 0 Å². The molecular formula is C18H22N2O3S. The molecule has 0 radical (unpaired) electrons. The van der Waals surface area contributed by atoms with Gasteiger partial charge < -0.3 is 5.32 Å². The number of rotatable bonds is 6. The largest absolute Gasteiger partial charge is 0.352 e. The standard InChI is InChI=1S/C18H22N2O3S/c1-13(2)12-19-18(21)15-10-9-14(3)17(11-15)20-24(22,23)16-7-5-4-6-8-16/h4-11,13,20H,12H2,1-3H3,(H,19,21). The average molecular weight is 346 g/mol. The number of amides is 1. The molecule has 0 heterocycles. The van der Waals surface area contributed by atoms with Gasteiger partial charge in [0, 0.05) is 12.1 Å². The molecule has 2 aromatic rings. The smallest absolute Gasteiger partial charge is 0.261 e. The summed E-state index contributed by atoms with van der Waals surface area (Å²) in [6.45, 7) is 6.38. The first-order chi connectivity index (χ1) is 11.3. The van der Waals surface area contributed by atoms with Crippen molar-refractivity contribution < 1.29 is 13.2 Å². The molecule has 0 aliphatic rings. The van der Waals surface area contributed by atoms with Gasteiger partial charge in [0.2, 0.25) is 0 Å². The van der Waals surface area contributed by atoms with E-state index in [1.807, 2.05) is 13.8 Å². The second-order valence-corrected chi connectivity index (χ2v) is 7.73. The summed E-state index contributed by atoms with van der Waals surface area (Å²) in [6.07, 6.45) is 0. The highest BCUT2D eigenvalue weighted by molar-refractivity contribution is 7.92. The molecule has 2 rings (SSSR count). The van der Waals surface area contributed by atoms with Crippen LogP contribution in [0.25, 0.3) is 0 Å². The molecule has 0 fully saturated rings. The summed E-state index contributed by atoms with van der Waals surface area (Å²) in [5.74, 6) is 0.124. The molecule has 2 aromatic carbocycles. The molecule has 0 saturated carbocycles. The minimum atomic E-state index is -3.69. The van der Waals surface area contributed by atoms with Gasteiger partial charge in [-0.25, -0.2) is 8.42 Å². The molecule has 0 aliphatic carbocycles. The summed E-state index contributed by atoms with van der Waals surface area (Å²) in [5, 5.41) is 2.82. The van der Waals surface area contributed by atoms with Crippen molar-refractivity contribution >= 4 is 21.6 Å². The number of hydrogen-bond donors (Lipinski definition) is 2. The highest BCUT2D eigenvalue weighted by Crippen LogP contribution is 2.21. The van der Waals surface area contributed by atoms with Gasteiger partial charge in [-0.15, -0.1) is 0 Å². The van der Waals surface area contributed by atoms with Crippen LogP contribution in [0, 0.1) is 12.8 Å². The maximum atomic E-state index is 12.4. The van der Waals surface area contributed by atoms with Crippen LogP contribution in [0.3, 0.4) is 0 Å². The van der Waals surface area contributed by atoms with E-state index in [2.05, 4.69) is 10.0 Å². The van der Waals surface area contributed by atoms with Gasteiger partial charge in [0.15, 0.2) is 0 Å². The number of anilines is 1. The van der Waals surface area contributed by atoms with E-state index >= 15 is 0 Å². The lowest BCUT2D eigenvalue weighted by Crippen LogP contribution is -2.27. The van der Waals surface area contributed by atoms with E-state index < -0.39 is 10.0 Å². The summed E-state index contributed by atoms with van der Waals surface area (Å²) in [6, 6.07) is 13.1. The van der Waals surface area contributed by atoms with Crippen LogP contribution in [0.15, 0.2) is 53.4 Å². The Morgan fingerprint density at radius 2 is 1.75 bits per heavy atom. The summed E-state index contributed by atoms with van der Waals surface area (Å²) in [4.78, 5) is 12.3. The van der Waals surface area contributed by atoms with Gasteiger partial charge in [-0.1, -0.05) is 38.1 Å². The number of hydrogen-bond acceptors (Lipinski definition) is 3. The SMILES string of the molecule is Cc1ccc(C(=O)NCC(C)C)cc1NS(=O)(=O)c1ccccc1. The van der Waals surface area contributed by atoms with Crippen molar-refractivity contribution in [3.05, 3.63) is 59.7 Å². The molecule has 5 nitrogen and oxygen atoms in total. The lowest BCUT2D eigenvalue weighted by atomic mass is 10.1. The first-order valence-corrected chi connectivity index (χ1v) is 9.24. The van der Waals surface area contributed by atoms with E-state index in [-0.39, 0.29) is 10.8 Å². The molecule has 0 aromatic heterocycles. The van der Waals surface area contributed by atoms with Crippen LogP contribution in [0.4, 0.5) is 5.69 Å². The maximum Gasteiger partial charge on any atom is 0.261 e. The monoisotopic (exact) mass is 346 g/mol. The molecule has 128 valence electrons. The molecule has 0 atom stereocenters. The van der Waals surface area contributed by atoms with E-state index in [4.69, 9.17) is 0 Å². The Balaban J connectivity index is 2.25. The van der Waals surface area contributed by atoms with Crippen molar-refractivity contribution in [1.82, 2.24) is 5.32 Å². The molecular weight excluding hydrogens is 324 g/mol. The van der Waals surface area contributed by atoms with Crippen LogP contribution in [0.2, 0.25) is 0 Å². The first kappa shape index (κ1) is 18.0. The van der Waals surface area contributed by atoms with Crippen LogP contribution in [0.1, 0.15) is 29.8 Å². The predicted molar refractivity (Wildman–Crippen MR) is 95.6 cm³/mol. The maximum absolute atomic E-state index is 12.4. The van der Waals surface area contributed by atoms with Gasteiger partial charge in [-0.05, 0) is 42.7 Å². The van der Waals surface area contributed by atoms with Gasteiger partial charge in [-0.3, -0.25) is 9.52 Å². The predicted octanol–water partition coefficient (Wildman–Crippen LogP) is 3.18. The van der Waals surface area contributed by atoms with Gasteiger partial charge in [0.25, 0.3) is 15.9 Å². The Hall–Kier alpha value is -2.34. The third-order valence-corrected chi connectivity index (χ3v) is 4.85. The molecule has 0 spiro atoms. The van der Waals surface area contributed by atoms with Crippen LogP contribution in [-0.2, 0) is 10.0 Å². The number of aryl methyl sites for hydroxylation is 1. The Labute approximate surface area is 143 Å². The second-order valence-electron chi connectivity index (χ2n) is 6.05. The molecule has 2 N–H and O–H groups in total. The molecule has 0 aliphatic heterocycles. The lowest BCUT2D eigenvalue weighted by Gasteiger charge is -2.13. The molecule has 0 unspecified atom stereocenters. The Morgan fingerprint density at radius 3 is 2.38 bits per heavy atom. The number of benzene rings is 2. The van der Waals surface area contributed by atoms with Crippen molar-refractivity contribution in [2.24, 2.45) is 5.92 Å². The summed E-state index contributed by atoms with van der Waals surface area (Å²) >= 11 is 0. The summed E-state index contributed by atoms with van der Waals surface area (Å²) in [5.41, 5.74) is 1.57. The van der Waals surface area contributed by atoms with Crippen molar-refractivity contribution in [3.8, 4) is 0 Å². The fraction of sp³-hybridized carbons (Fsp3) is 0.278. The lowest BCUT2D eigenvalue weighted by molar-refractivity contribution is 0.0949. The summed E-state index contributed by atoms with van der Waals surface area (Å²) in [7, 11) is -3.69. The third-order valence-electron chi connectivity index (χ3n) is 3.47. The van der Waals surface area contributed by atoms with Crippen molar-refractivity contribution in [2.45, 2.75) is 25.7 Å². The van der Waals surface area contributed by atoms with Crippen molar-refractivity contribution in [3.63, 3.8) is 0 Å². The molecule has 1 amide bonds. The second kappa shape index (κ2) is 7.49. The van der Waals surface area contributed by atoms with Crippen molar-refractivity contribution in [2.75, 3.05) is 11.3 Å². The van der Waals surface area contributed by atoms with E-state index in [9.17, 15) is 13.2 Å². The average Bonchev–Trinajstić information content (AvgIpc) is 2.55. The van der Waals surface area contributed by atoms with Crippen LogP contribution >= 0.6 is 0 Å². The Kier molecular flexibility index (Phi) is 5.62. The molecule has 6 heteroatoms. The van der Waals surface area contributed by atoms with Crippen LogP contribution < -0.4 is 10.0 Å². The minimum absolute atomic E-state index is 0.180. The summed E-state index contributed by atoms with van der Waals surface area (Å²) < 4.78 is 27.4.